The van der Waals surface area contributed by atoms with Crippen molar-refractivity contribution in [1.29, 1.82) is 0 Å². The number of nitrogens with one attached hydrogen (secondary N) is 2. The zero-order valence-electron chi connectivity index (χ0n) is 22.3. The van der Waals surface area contributed by atoms with Crippen molar-refractivity contribution in [2.24, 2.45) is 0 Å². The van der Waals surface area contributed by atoms with Crippen molar-refractivity contribution in [1.82, 2.24) is 24.2 Å². The van der Waals surface area contributed by atoms with Gasteiger partial charge in [-0.3, -0.25) is 4.79 Å². The molecule has 0 atom stereocenters. The van der Waals surface area contributed by atoms with E-state index in [9.17, 15) is 9.59 Å². The van der Waals surface area contributed by atoms with E-state index in [2.05, 4.69) is 20.6 Å². The Labute approximate surface area is 231 Å². The number of morpholine rings is 2. The number of anilines is 3. The summed E-state index contributed by atoms with van der Waals surface area (Å²) in [6.07, 6.45) is 7.24. The SMILES string of the molecule is Cc1c(NC(=O)N2CCOCC2)cccc1-c1cc(Nc2ccc(C(=O)N3CCOCC3)cn2)c2nccn2c1. The minimum Gasteiger partial charge on any atom is -0.378 e. The topological polar surface area (TPSA) is 113 Å². The summed E-state index contributed by atoms with van der Waals surface area (Å²) in [5.74, 6) is 0.555. The minimum absolute atomic E-state index is 0.0453. The molecule has 1 aromatic carbocycles. The van der Waals surface area contributed by atoms with E-state index in [1.807, 2.05) is 48.0 Å². The van der Waals surface area contributed by atoms with Crippen molar-refractivity contribution in [2.45, 2.75) is 6.92 Å². The molecule has 4 aromatic rings. The highest BCUT2D eigenvalue weighted by molar-refractivity contribution is 5.94. The van der Waals surface area contributed by atoms with Crippen molar-refractivity contribution in [3.63, 3.8) is 0 Å². The van der Waals surface area contributed by atoms with E-state index in [1.165, 1.54) is 0 Å². The Kier molecular flexibility index (Phi) is 7.30. The van der Waals surface area contributed by atoms with Crippen LogP contribution in [0.25, 0.3) is 16.8 Å². The lowest BCUT2D eigenvalue weighted by atomic mass is 10.00. The third kappa shape index (κ3) is 5.33. The number of nitrogens with zero attached hydrogens (tertiary/aromatic N) is 5. The third-order valence-electron chi connectivity index (χ3n) is 7.24. The Bertz CT molecular complexity index is 1520. The van der Waals surface area contributed by atoms with E-state index in [-0.39, 0.29) is 11.9 Å². The van der Waals surface area contributed by atoms with Gasteiger partial charge in [0, 0.05) is 62.2 Å². The van der Waals surface area contributed by atoms with Gasteiger partial charge >= 0.3 is 6.03 Å². The minimum atomic E-state index is -0.127. The number of ether oxygens (including phenoxy) is 2. The number of aromatic nitrogens is 3. The molecule has 206 valence electrons. The third-order valence-corrected chi connectivity index (χ3v) is 7.24. The molecule has 0 aliphatic carbocycles. The number of fused-ring (bicyclic) bond motifs is 1. The Hall–Kier alpha value is -4.48. The van der Waals surface area contributed by atoms with Crippen molar-refractivity contribution in [2.75, 3.05) is 63.2 Å². The van der Waals surface area contributed by atoms with Crippen LogP contribution in [0.1, 0.15) is 15.9 Å². The first-order valence-electron chi connectivity index (χ1n) is 13.4. The lowest BCUT2D eigenvalue weighted by molar-refractivity contribution is 0.0302. The molecule has 2 fully saturated rings. The molecular weight excluding hydrogens is 510 g/mol. The zero-order valence-corrected chi connectivity index (χ0v) is 22.3. The fourth-order valence-electron chi connectivity index (χ4n) is 5.00. The first-order valence-corrected chi connectivity index (χ1v) is 13.4. The number of pyridine rings is 2. The van der Waals surface area contributed by atoms with Crippen LogP contribution in [-0.4, -0.2) is 88.7 Å². The first kappa shape index (κ1) is 25.8. The fraction of sp³-hybridized carbons (Fsp3) is 0.310. The molecule has 40 heavy (non-hydrogen) atoms. The van der Waals surface area contributed by atoms with Crippen LogP contribution in [0.3, 0.4) is 0 Å². The summed E-state index contributed by atoms with van der Waals surface area (Å²) >= 11 is 0. The molecule has 2 aliphatic heterocycles. The Morgan fingerprint density at radius 1 is 0.900 bits per heavy atom. The second kappa shape index (κ2) is 11.3. The molecule has 2 aliphatic rings. The van der Waals surface area contributed by atoms with Gasteiger partial charge in [-0.05, 0) is 42.3 Å². The Balaban J connectivity index is 1.25. The molecule has 2 saturated heterocycles. The highest BCUT2D eigenvalue weighted by Crippen LogP contribution is 2.32. The number of hydrogen-bond acceptors (Lipinski definition) is 7. The smallest absolute Gasteiger partial charge is 0.322 e. The molecule has 5 heterocycles. The highest BCUT2D eigenvalue weighted by Gasteiger charge is 2.20. The average molecular weight is 542 g/mol. The lowest BCUT2D eigenvalue weighted by Crippen LogP contribution is -2.43. The maximum absolute atomic E-state index is 12.8. The molecule has 3 aromatic heterocycles. The monoisotopic (exact) mass is 541 g/mol. The Morgan fingerprint density at radius 2 is 1.65 bits per heavy atom. The molecule has 0 unspecified atom stereocenters. The summed E-state index contributed by atoms with van der Waals surface area (Å²) < 4.78 is 12.7. The number of rotatable bonds is 5. The van der Waals surface area contributed by atoms with E-state index < -0.39 is 0 Å². The maximum atomic E-state index is 12.8. The molecule has 11 nitrogen and oxygen atoms in total. The van der Waals surface area contributed by atoms with Gasteiger partial charge in [0.05, 0.1) is 37.7 Å². The molecule has 0 saturated carbocycles. The van der Waals surface area contributed by atoms with Crippen molar-refractivity contribution in [3.05, 3.63) is 72.3 Å². The van der Waals surface area contributed by atoms with Gasteiger partial charge < -0.3 is 34.3 Å². The first-order chi connectivity index (χ1) is 19.6. The second-order valence-electron chi connectivity index (χ2n) is 9.77. The Morgan fingerprint density at radius 3 is 2.38 bits per heavy atom. The van der Waals surface area contributed by atoms with Gasteiger partial charge in [0.1, 0.15) is 5.82 Å². The van der Waals surface area contributed by atoms with Crippen LogP contribution in [-0.2, 0) is 9.47 Å². The van der Waals surface area contributed by atoms with Crippen LogP contribution in [0.15, 0.2) is 61.2 Å². The summed E-state index contributed by atoms with van der Waals surface area (Å²) in [6.45, 7) is 6.53. The van der Waals surface area contributed by atoms with Gasteiger partial charge in [-0.1, -0.05) is 12.1 Å². The summed E-state index contributed by atoms with van der Waals surface area (Å²) in [6, 6.07) is 11.4. The van der Waals surface area contributed by atoms with Crippen molar-refractivity contribution < 1.29 is 19.1 Å². The van der Waals surface area contributed by atoms with Crippen molar-refractivity contribution in [3.8, 4) is 11.1 Å². The largest absolute Gasteiger partial charge is 0.378 e. The summed E-state index contributed by atoms with van der Waals surface area (Å²) in [5.41, 5.74) is 5.71. The number of carbonyl (C=O) groups is 2. The number of amides is 3. The molecule has 0 spiro atoms. The summed E-state index contributed by atoms with van der Waals surface area (Å²) in [5, 5.41) is 6.43. The lowest BCUT2D eigenvalue weighted by Gasteiger charge is -2.27. The summed E-state index contributed by atoms with van der Waals surface area (Å²) in [7, 11) is 0. The van der Waals surface area contributed by atoms with E-state index in [4.69, 9.17) is 9.47 Å². The highest BCUT2D eigenvalue weighted by atomic mass is 16.5. The van der Waals surface area contributed by atoms with E-state index in [1.54, 1.807) is 34.3 Å². The van der Waals surface area contributed by atoms with Crippen LogP contribution in [0.4, 0.5) is 22.0 Å². The second-order valence-corrected chi connectivity index (χ2v) is 9.77. The number of urea groups is 1. The standard InChI is InChI=1S/C29H31N7O4/c1-20-23(3-2-4-24(20)33-29(38)35-11-15-40-16-12-35)22-17-25(27-30-7-8-36(27)19-22)32-26-6-5-21(18-31-26)28(37)34-9-13-39-14-10-34/h2-8,17-19H,9-16H2,1H3,(H,31,32)(H,33,38). The summed E-state index contributed by atoms with van der Waals surface area (Å²) in [4.78, 5) is 38.2. The van der Waals surface area contributed by atoms with Crippen LogP contribution < -0.4 is 10.6 Å². The van der Waals surface area contributed by atoms with Crippen molar-refractivity contribution >= 4 is 34.8 Å². The van der Waals surface area contributed by atoms with E-state index in [0.29, 0.717) is 64.0 Å². The van der Waals surface area contributed by atoms with E-state index >= 15 is 0 Å². The molecule has 6 rings (SSSR count). The van der Waals surface area contributed by atoms with Crippen LogP contribution in [0.2, 0.25) is 0 Å². The van der Waals surface area contributed by atoms with Gasteiger partial charge in [-0.15, -0.1) is 0 Å². The van der Waals surface area contributed by atoms with Gasteiger partial charge in [0.25, 0.3) is 5.91 Å². The van der Waals surface area contributed by atoms with Gasteiger partial charge in [-0.25, -0.2) is 14.8 Å². The number of imidazole rings is 1. The normalized spacial score (nSPS) is 15.7. The van der Waals surface area contributed by atoms with Crippen LogP contribution in [0, 0.1) is 6.92 Å². The molecule has 2 N–H and O–H groups in total. The predicted molar refractivity (Wildman–Crippen MR) is 151 cm³/mol. The molecule has 3 amide bonds. The fourth-order valence-corrected chi connectivity index (χ4v) is 5.00. The maximum Gasteiger partial charge on any atom is 0.322 e. The number of carbonyl (C=O) groups excluding carboxylic acids is 2. The van der Waals surface area contributed by atoms with Crippen LogP contribution in [0.5, 0.6) is 0 Å². The van der Waals surface area contributed by atoms with Gasteiger partial charge in [0.2, 0.25) is 0 Å². The molecular formula is C29H31N7O4. The number of hydrogen-bond donors (Lipinski definition) is 2. The quantitative estimate of drug-likeness (QED) is 0.395. The number of benzene rings is 1. The zero-order chi connectivity index (χ0) is 27.5. The van der Waals surface area contributed by atoms with Crippen LogP contribution >= 0.6 is 0 Å². The predicted octanol–water partition coefficient (Wildman–Crippen LogP) is 3.78. The van der Waals surface area contributed by atoms with Gasteiger partial charge in [0.15, 0.2) is 5.65 Å². The average Bonchev–Trinajstić information content (AvgIpc) is 3.48. The molecule has 0 radical (unpaired) electrons. The van der Waals surface area contributed by atoms with E-state index in [0.717, 1.165) is 33.7 Å². The molecule has 0 bridgehead atoms. The van der Waals surface area contributed by atoms with Gasteiger partial charge in [-0.2, -0.15) is 0 Å². The molecule has 11 heteroatoms.